The second-order valence-corrected chi connectivity index (χ2v) is 3.59. The largest absolute Gasteiger partial charge is 0.384 e. The van der Waals surface area contributed by atoms with Gasteiger partial charge in [0.1, 0.15) is 5.82 Å². The van der Waals surface area contributed by atoms with Crippen molar-refractivity contribution in [3.63, 3.8) is 0 Å². The predicted octanol–water partition coefficient (Wildman–Crippen LogP) is 0.607. The van der Waals surface area contributed by atoms with Crippen molar-refractivity contribution < 1.29 is 0 Å². The lowest BCUT2D eigenvalue weighted by molar-refractivity contribution is 0.353. The van der Waals surface area contributed by atoms with E-state index in [1.165, 1.54) is 19.3 Å². The van der Waals surface area contributed by atoms with Crippen LogP contribution in [-0.4, -0.2) is 22.4 Å². The van der Waals surface area contributed by atoms with Gasteiger partial charge < -0.3 is 11.1 Å². The Labute approximate surface area is 78.1 Å². The van der Waals surface area contributed by atoms with Gasteiger partial charge in [-0.1, -0.05) is 6.42 Å². The molecule has 0 saturated carbocycles. The third-order valence-corrected chi connectivity index (χ3v) is 2.56. The highest BCUT2D eigenvalue weighted by molar-refractivity contribution is 5.25. The SMILES string of the molecule is Nc1ccnn1C[C@@H]1CCCCN1. The summed E-state index contributed by atoms with van der Waals surface area (Å²) in [5, 5.41) is 7.63. The molecule has 0 aliphatic carbocycles. The zero-order valence-electron chi connectivity index (χ0n) is 7.74. The van der Waals surface area contributed by atoms with Crippen LogP contribution in [0.3, 0.4) is 0 Å². The average Bonchev–Trinajstić information content (AvgIpc) is 2.54. The third kappa shape index (κ3) is 2.01. The van der Waals surface area contributed by atoms with Crippen molar-refractivity contribution in [1.29, 1.82) is 0 Å². The van der Waals surface area contributed by atoms with Crippen LogP contribution in [0.4, 0.5) is 5.82 Å². The van der Waals surface area contributed by atoms with E-state index in [1.807, 2.05) is 10.7 Å². The topological polar surface area (TPSA) is 55.9 Å². The van der Waals surface area contributed by atoms with Crippen LogP contribution in [0.25, 0.3) is 0 Å². The molecular weight excluding hydrogens is 164 g/mol. The molecule has 2 heterocycles. The van der Waals surface area contributed by atoms with Crippen LogP contribution in [0.1, 0.15) is 19.3 Å². The normalized spacial score (nSPS) is 23.2. The smallest absolute Gasteiger partial charge is 0.121 e. The molecule has 0 unspecified atom stereocenters. The Bertz CT molecular complexity index is 262. The van der Waals surface area contributed by atoms with Crippen LogP contribution < -0.4 is 11.1 Å². The number of anilines is 1. The zero-order chi connectivity index (χ0) is 9.10. The lowest BCUT2D eigenvalue weighted by Gasteiger charge is -2.23. The summed E-state index contributed by atoms with van der Waals surface area (Å²) >= 11 is 0. The van der Waals surface area contributed by atoms with E-state index < -0.39 is 0 Å². The van der Waals surface area contributed by atoms with Gasteiger partial charge in [0.25, 0.3) is 0 Å². The molecule has 3 N–H and O–H groups in total. The Hall–Kier alpha value is -1.03. The van der Waals surface area contributed by atoms with Gasteiger partial charge in [-0.15, -0.1) is 0 Å². The zero-order valence-corrected chi connectivity index (χ0v) is 7.74. The number of nitrogens with zero attached hydrogens (tertiary/aromatic N) is 2. The molecule has 2 rings (SSSR count). The molecule has 0 radical (unpaired) electrons. The van der Waals surface area contributed by atoms with E-state index in [1.54, 1.807) is 6.20 Å². The molecule has 1 aromatic heterocycles. The summed E-state index contributed by atoms with van der Waals surface area (Å²) in [7, 11) is 0. The summed E-state index contributed by atoms with van der Waals surface area (Å²) in [5.74, 6) is 0.757. The highest BCUT2D eigenvalue weighted by Crippen LogP contribution is 2.10. The summed E-state index contributed by atoms with van der Waals surface area (Å²) in [5.41, 5.74) is 5.73. The maximum atomic E-state index is 5.73. The summed E-state index contributed by atoms with van der Waals surface area (Å²) in [6.45, 7) is 2.03. The minimum Gasteiger partial charge on any atom is -0.384 e. The van der Waals surface area contributed by atoms with Crippen molar-refractivity contribution >= 4 is 5.82 Å². The molecule has 4 heteroatoms. The highest BCUT2D eigenvalue weighted by atomic mass is 15.3. The van der Waals surface area contributed by atoms with Gasteiger partial charge >= 0.3 is 0 Å². The first-order valence-corrected chi connectivity index (χ1v) is 4.87. The van der Waals surface area contributed by atoms with Gasteiger partial charge in [0.15, 0.2) is 0 Å². The van der Waals surface area contributed by atoms with Crippen molar-refractivity contribution in [2.75, 3.05) is 12.3 Å². The molecule has 0 bridgehead atoms. The summed E-state index contributed by atoms with van der Waals surface area (Å²) in [4.78, 5) is 0. The summed E-state index contributed by atoms with van der Waals surface area (Å²) < 4.78 is 1.86. The monoisotopic (exact) mass is 180 g/mol. The number of piperidine rings is 1. The predicted molar refractivity (Wildman–Crippen MR) is 52.3 cm³/mol. The first-order valence-electron chi connectivity index (χ1n) is 4.87. The second kappa shape index (κ2) is 3.79. The number of hydrogen-bond donors (Lipinski definition) is 2. The van der Waals surface area contributed by atoms with Crippen molar-refractivity contribution in [3.8, 4) is 0 Å². The average molecular weight is 180 g/mol. The minimum atomic E-state index is 0.552. The van der Waals surface area contributed by atoms with Gasteiger partial charge in [0, 0.05) is 6.04 Å². The van der Waals surface area contributed by atoms with Crippen molar-refractivity contribution in [3.05, 3.63) is 12.3 Å². The Balaban J connectivity index is 1.93. The van der Waals surface area contributed by atoms with E-state index >= 15 is 0 Å². The fourth-order valence-corrected chi connectivity index (χ4v) is 1.78. The number of nitrogens with one attached hydrogen (secondary N) is 1. The number of hydrogen-bond acceptors (Lipinski definition) is 3. The van der Waals surface area contributed by atoms with E-state index in [9.17, 15) is 0 Å². The van der Waals surface area contributed by atoms with E-state index in [0.29, 0.717) is 6.04 Å². The fraction of sp³-hybridized carbons (Fsp3) is 0.667. The lowest BCUT2D eigenvalue weighted by Crippen LogP contribution is -2.37. The minimum absolute atomic E-state index is 0.552. The van der Waals surface area contributed by atoms with Crippen LogP contribution >= 0.6 is 0 Å². The molecule has 1 aliphatic rings. The summed E-state index contributed by atoms with van der Waals surface area (Å²) in [6.07, 6.45) is 5.60. The lowest BCUT2D eigenvalue weighted by atomic mass is 10.1. The van der Waals surface area contributed by atoms with Crippen LogP contribution in [0.15, 0.2) is 12.3 Å². The van der Waals surface area contributed by atoms with Crippen LogP contribution in [0.5, 0.6) is 0 Å². The number of nitrogen functional groups attached to an aromatic ring is 1. The molecule has 1 atom stereocenters. The van der Waals surface area contributed by atoms with Crippen LogP contribution in [0.2, 0.25) is 0 Å². The number of aromatic nitrogens is 2. The van der Waals surface area contributed by atoms with Gasteiger partial charge in [0.2, 0.25) is 0 Å². The Morgan fingerprint density at radius 3 is 3.15 bits per heavy atom. The maximum Gasteiger partial charge on any atom is 0.121 e. The van der Waals surface area contributed by atoms with Crippen molar-refractivity contribution in [1.82, 2.24) is 15.1 Å². The third-order valence-electron chi connectivity index (χ3n) is 2.56. The fourth-order valence-electron chi connectivity index (χ4n) is 1.78. The molecule has 1 aromatic rings. The van der Waals surface area contributed by atoms with E-state index in [2.05, 4.69) is 10.4 Å². The van der Waals surface area contributed by atoms with E-state index in [4.69, 9.17) is 5.73 Å². The van der Waals surface area contributed by atoms with Gasteiger partial charge in [-0.05, 0) is 25.5 Å². The van der Waals surface area contributed by atoms with Crippen LogP contribution in [0, 0.1) is 0 Å². The molecule has 1 fully saturated rings. The van der Waals surface area contributed by atoms with Crippen LogP contribution in [-0.2, 0) is 6.54 Å². The first-order chi connectivity index (χ1) is 6.36. The van der Waals surface area contributed by atoms with Crippen molar-refractivity contribution in [2.45, 2.75) is 31.8 Å². The molecule has 0 spiro atoms. The molecule has 4 nitrogen and oxygen atoms in total. The highest BCUT2D eigenvalue weighted by Gasteiger charge is 2.13. The van der Waals surface area contributed by atoms with Gasteiger partial charge in [-0.3, -0.25) is 0 Å². The molecule has 1 saturated heterocycles. The number of nitrogens with two attached hydrogens (primary N) is 1. The molecule has 72 valence electrons. The van der Waals surface area contributed by atoms with E-state index in [-0.39, 0.29) is 0 Å². The summed E-state index contributed by atoms with van der Waals surface area (Å²) in [6, 6.07) is 2.39. The van der Waals surface area contributed by atoms with Gasteiger partial charge in [-0.25, -0.2) is 4.68 Å². The standard InChI is InChI=1S/C9H16N4/c10-9-4-6-12-13(9)7-8-3-1-2-5-11-8/h4,6,8,11H,1-3,5,7,10H2/t8-/m0/s1. The number of rotatable bonds is 2. The molecule has 1 aliphatic heterocycles. The first kappa shape index (κ1) is 8.56. The van der Waals surface area contributed by atoms with Gasteiger partial charge in [0.05, 0.1) is 12.7 Å². The molecule has 0 amide bonds. The maximum absolute atomic E-state index is 5.73. The molecule has 13 heavy (non-hydrogen) atoms. The quantitative estimate of drug-likeness (QED) is 0.701. The Morgan fingerprint density at radius 1 is 1.62 bits per heavy atom. The Morgan fingerprint density at radius 2 is 2.54 bits per heavy atom. The Kier molecular flexibility index (Phi) is 2.49. The van der Waals surface area contributed by atoms with E-state index in [0.717, 1.165) is 18.9 Å². The molecule has 0 aromatic carbocycles. The van der Waals surface area contributed by atoms with Gasteiger partial charge in [-0.2, -0.15) is 5.10 Å². The molecular formula is C9H16N4. The second-order valence-electron chi connectivity index (χ2n) is 3.59. The van der Waals surface area contributed by atoms with Crippen molar-refractivity contribution in [2.24, 2.45) is 0 Å².